The van der Waals surface area contributed by atoms with Crippen molar-refractivity contribution in [2.75, 3.05) is 25.7 Å². The normalized spacial score (nSPS) is 22.2. The van der Waals surface area contributed by atoms with Crippen LogP contribution in [0.15, 0.2) is 36.9 Å². The molecular formula is C27H32N2O5. The van der Waals surface area contributed by atoms with Crippen molar-refractivity contribution in [2.45, 2.75) is 58.0 Å². The standard InChI is InChI=1S/C27H32N2O5/c1-15-19-22(28-13-18-21(20(15)28)29(18)26(30)34-27(3,4)5)23(31-6)16(2)24(32-7)25(19)33-14-17-11-9-8-10-12-17/h8-12,18,20-21H,1,13-14H2,2-7H3/t18-,20-,21-,29?/m0/s1. The Kier molecular flexibility index (Phi) is 5.19. The van der Waals surface area contributed by atoms with Crippen LogP contribution in [0, 0.1) is 6.92 Å². The molecule has 0 bridgehead atoms. The first-order valence-electron chi connectivity index (χ1n) is 11.6. The van der Waals surface area contributed by atoms with Gasteiger partial charge in [0.1, 0.15) is 18.0 Å². The SMILES string of the molecule is C=C1c2c(OCc3ccccc3)c(OC)c(C)c(OC)c2N2C[C@H]3[C@@H]([C@H]12)N3C(=O)OC(C)(C)C. The fraction of sp³-hybridized carbons (Fsp3) is 0.444. The van der Waals surface area contributed by atoms with E-state index >= 15 is 0 Å². The number of hydrogen-bond acceptors (Lipinski definition) is 6. The van der Waals surface area contributed by atoms with Gasteiger partial charge in [-0.1, -0.05) is 36.9 Å². The number of methoxy groups -OCH3 is 2. The number of carbonyl (C=O) groups is 1. The molecule has 2 aromatic carbocycles. The van der Waals surface area contributed by atoms with E-state index in [2.05, 4.69) is 11.5 Å². The molecule has 7 nitrogen and oxygen atoms in total. The summed E-state index contributed by atoms with van der Waals surface area (Å²) in [5.74, 6) is 2.07. The molecule has 0 aromatic heterocycles. The highest BCUT2D eigenvalue weighted by molar-refractivity contribution is 5.98. The molecule has 1 amide bonds. The zero-order chi connectivity index (χ0) is 24.4. The molecule has 0 radical (unpaired) electrons. The maximum Gasteiger partial charge on any atom is 0.411 e. The zero-order valence-electron chi connectivity index (χ0n) is 20.7. The summed E-state index contributed by atoms with van der Waals surface area (Å²) in [6.07, 6.45) is -0.271. The summed E-state index contributed by atoms with van der Waals surface area (Å²) >= 11 is 0. The molecule has 2 aromatic rings. The number of rotatable bonds is 5. The van der Waals surface area contributed by atoms with Gasteiger partial charge in [-0.05, 0) is 38.8 Å². The van der Waals surface area contributed by atoms with Gasteiger partial charge < -0.3 is 23.8 Å². The number of carbonyl (C=O) groups excluding carboxylic acids is 1. The van der Waals surface area contributed by atoms with Crippen molar-refractivity contribution in [1.29, 1.82) is 0 Å². The average Bonchev–Trinajstić information content (AvgIpc) is 3.24. The van der Waals surface area contributed by atoms with E-state index in [1.54, 1.807) is 14.2 Å². The molecule has 0 N–H and O–H groups in total. The number of nitrogens with zero attached hydrogens (tertiary/aromatic N) is 2. The third-order valence-corrected chi connectivity index (χ3v) is 6.80. The molecule has 7 heteroatoms. The van der Waals surface area contributed by atoms with E-state index in [0.29, 0.717) is 24.7 Å². The van der Waals surface area contributed by atoms with E-state index in [1.165, 1.54) is 0 Å². The monoisotopic (exact) mass is 464 g/mol. The van der Waals surface area contributed by atoms with Crippen LogP contribution in [0.3, 0.4) is 0 Å². The first-order valence-corrected chi connectivity index (χ1v) is 11.6. The lowest BCUT2D eigenvalue weighted by atomic mass is 9.98. The predicted molar refractivity (Wildman–Crippen MR) is 131 cm³/mol. The highest BCUT2D eigenvalue weighted by atomic mass is 16.6. The summed E-state index contributed by atoms with van der Waals surface area (Å²) in [6.45, 7) is 13.2. The number of fused-ring (bicyclic) bond motifs is 5. The Hall–Kier alpha value is -3.35. The van der Waals surface area contributed by atoms with E-state index in [9.17, 15) is 4.79 Å². The second kappa shape index (κ2) is 7.86. The van der Waals surface area contributed by atoms with Crippen LogP contribution in [-0.2, 0) is 11.3 Å². The first-order chi connectivity index (χ1) is 16.2. The van der Waals surface area contributed by atoms with E-state index in [1.807, 2.05) is 62.9 Å². The van der Waals surface area contributed by atoms with Gasteiger partial charge >= 0.3 is 6.09 Å². The van der Waals surface area contributed by atoms with Crippen LogP contribution in [0.5, 0.6) is 17.2 Å². The maximum atomic E-state index is 12.8. The molecule has 0 unspecified atom stereocenters. The van der Waals surface area contributed by atoms with Gasteiger partial charge in [0.25, 0.3) is 0 Å². The van der Waals surface area contributed by atoms with E-state index < -0.39 is 5.60 Å². The molecule has 0 spiro atoms. The van der Waals surface area contributed by atoms with Gasteiger partial charge in [-0.25, -0.2) is 4.79 Å². The summed E-state index contributed by atoms with van der Waals surface area (Å²) in [4.78, 5) is 16.9. The van der Waals surface area contributed by atoms with Crippen molar-refractivity contribution in [3.8, 4) is 17.2 Å². The van der Waals surface area contributed by atoms with Crippen molar-refractivity contribution in [1.82, 2.24) is 4.90 Å². The van der Waals surface area contributed by atoms with Gasteiger partial charge in [0.2, 0.25) is 0 Å². The van der Waals surface area contributed by atoms with E-state index in [0.717, 1.165) is 33.7 Å². The van der Waals surface area contributed by atoms with Gasteiger partial charge in [0.15, 0.2) is 11.5 Å². The van der Waals surface area contributed by atoms with Crippen molar-refractivity contribution < 1.29 is 23.7 Å². The molecule has 3 heterocycles. The number of amides is 1. The Morgan fingerprint density at radius 2 is 1.76 bits per heavy atom. The van der Waals surface area contributed by atoms with Gasteiger partial charge in [-0.15, -0.1) is 0 Å². The average molecular weight is 465 g/mol. The number of piperazine rings is 1. The zero-order valence-corrected chi connectivity index (χ0v) is 20.7. The smallest absolute Gasteiger partial charge is 0.411 e. The molecule has 2 fully saturated rings. The predicted octanol–water partition coefficient (Wildman–Crippen LogP) is 4.79. The molecule has 3 aliphatic heterocycles. The molecule has 34 heavy (non-hydrogen) atoms. The largest absolute Gasteiger partial charge is 0.494 e. The number of hydrogen-bond donors (Lipinski definition) is 0. The summed E-state index contributed by atoms with van der Waals surface area (Å²) < 4.78 is 23.7. The second-order valence-corrected chi connectivity index (χ2v) is 10.1. The number of anilines is 1. The molecule has 2 saturated heterocycles. The minimum Gasteiger partial charge on any atom is -0.494 e. The minimum atomic E-state index is -0.532. The van der Waals surface area contributed by atoms with Crippen molar-refractivity contribution in [3.05, 3.63) is 53.6 Å². The van der Waals surface area contributed by atoms with Crippen LogP contribution in [0.25, 0.3) is 5.57 Å². The van der Waals surface area contributed by atoms with Gasteiger partial charge in [-0.3, -0.25) is 4.90 Å². The Morgan fingerprint density at radius 1 is 1.09 bits per heavy atom. The molecule has 3 aliphatic rings. The Morgan fingerprint density at radius 3 is 2.38 bits per heavy atom. The molecule has 5 rings (SSSR count). The lowest BCUT2D eigenvalue weighted by Crippen LogP contribution is -2.39. The lowest BCUT2D eigenvalue weighted by molar-refractivity contribution is 0.0386. The summed E-state index contributed by atoms with van der Waals surface area (Å²) in [5, 5.41) is 0. The first kappa shape index (κ1) is 22.4. The highest BCUT2D eigenvalue weighted by Crippen LogP contribution is 2.61. The Labute approximate surface area is 200 Å². The maximum absolute atomic E-state index is 12.8. The molecule has 0 saturated carbocycles. The van der Waals surface area contributed by atoms with Gasteiger partial charge in [0.05, 0.1) is 43.6 Å². The van der Waals surface area contributed by atoms with Crippen molar-refractivity contribution in [3.63, 3.8) is 0 Å². The minimum absolute atomic E-state index is 0.0210. The van der Waals surface area contributed by atoms with E-state index in [-0.39, 0.29) is 24.2 Å². The molecular weight excluding hydrogens is 432 g/mol. The van der Waals surface area contributed by atoms with Crippen LogP contribution in [-0.4, -0.2) is 55.5 Å². The third kappa shape index (κ3) is 3.37. The fourth-order valence-corrected chi connectivity index (χ4v) is 5.42. The van der Waals surface area contributed by atoms with Crippen LogP contribution in [0.2, 0.25) is 0 Å². The van der Waals surface area contributed by atoms with Crippen LogP contribution in [0.4, 0.5) is 10.5 Å². The van der Waals surface area contributed by atoms with Gasteiger partial charge in [0, 0.05) is 12.1 Å². The Bertz CT molecular complexity index is 1150. The molecule has 3 atom stereocenters. The second-order valence-electron chi connectivity index (χ2n) is 10.1. The third-order valence-electron chi connectivity index (χ3n) is 6.80. The fourth-order valence-electron chi connectivity index (χ4n) is 5.42. The van der Waals surface area contributed by atoms with E-state index in [4.69, 9.17) is 18.9 Å². The number of benzene rings is 2. The summed E-state index contributed by atoms with van der Waals surface area (Å²) in [6, 6.07) is 10.1. The van der Waals surface area contributed by atoms with Crippen LogP contribution < -0.4 is 19.1 Å². The summed E-state index contributed by atoms with van der Waals surface area (Å²) in [5.41, 5.74) is 4.19. The lowest BCUT2D eigenvalue weighted by Gasteiger charge is -2.28. The Balaban J connectivity index is 1.51. The topological polar surface area (TPSA) is 60.2 Å². The van der Waals surface area contributed by atoms with Crippen LogP contribution >= 0.6 is 0 Å². The van der Waals surface area contributed by atoms with Crippen LogP contribution in [0.1, 0.15) is 37.5 Å². The van der Waals surface area contributed by atoms with Gasteiger partial charge in [-0.2, -0.15) is 0 Å². The number of ether oxygens (including phenoxy) is 4. The quantitative estimate of drug-likeness (QED) is 0.593. The summed E-state index contributed by atoms with van der Waals surface area (Å²) in [7, 11) is 3.32. The highest BCUT2D eigenvalue weighted by Gasteiger charge is 2.66. The molecule has 180 valence electrons. The van der Waals surface area contributed by atoms with Crippen molar-refractivity contribution in [2.24, 2.45) is 0 Å². The molecule has 0 aliphatic carbocycles. The van der Waals surface area contributed by atoms with Crippen molar-refractivity contribution >= 4 is 17.4 Å².